The summed E-state index contributed by atoms with van der Waals surface area (Å²) in [6.07, 6.45) is 0. The van der Waals surface area contributed by atoms with Crippen LogP contribution in [0.5, 0.6) is 5.75 Å². The molecule has 0 radical (unpaired) electrons. The van der Waals surface area contributed by atoms with Gasteiger partial charge in [0.15, 0.2) is 0 Å². The molecule has 7 nitrogen and oxygen atoms in total. The van der Waals surface area contributed by atoms with E-state index < -0.39 is 10.0 Å². The van der Waals surface area contributed by atoms with Gasteiger partial charge in [0, 0.05) is 30.9 Å². The van der Waals surface area contributed by atoms with E-state index in [0.717, 1.165) is 0 Å². The molecule has 2 aromatic carbocycles. The highest BCUT2D eigenvalue weighted by molar-refractivity contribution is 7.89. The number of nitrogens with two attached hydrogens (primary N) is 1. The van der Waals surface area contributed by atoms with Gasteiger partial charge in [-0.2, -0.15) is 4.31 Å². The number of benzene rings is 2. The smallest absolute Gasteiger partial charge is 0.255 e. The topological polar surface area (TPSA) is 102 Å². The number of hydrogen-bond donors (Lipinski definition) is 2. The van der Waals surface area contributed by atoms with Crippen molar-refractivity contribution in [3.05, 3.63) is 54.1 Å². The summed E-state index contributed by atoms with van der Waals surface area (Å²) >= 11 is 0. The number of carbonyl (C=O) groups excluding carboxylic acids is 1. The number of amides is 1. The SMILES string of the molecule is CCN(CC)S(=O)(=O)c1ccc(C(=O)Nc2ccc(OCCN)cc2)cc1. The van der Waals surface area contributed by atoms with E-state index in [1.54, 1.807) is 38.1 Å². The van der Waals surface area contributed by atoms with Crippen LogP contribution in [0, 0.1) is 0 Å². The summed E-state index contributed by atoms with van der Waals surface area (Å²) in [5, 5.41) is 2.77. The van der Waals surface area contributed by atoms with E-state index >= 15 is 0 Å². The maximum absolute atomic E-state index is 12.5. The van der Waals surface area contributed by atoms with Gasteiger partial charge in [0.05, 0.1) is 4.90 Å². The number of hydrogen-bond acceptors (Lipinski definition) is 5. The van der Waals surface area contributed by atoms with Crippen molar-refractivity contribution in [3.63, 3.8) is 0 Å². The minimum Gasteiger partial charge on any atom is -0.492 e. The molecule has 0 saturated heterocycles. The lowest BCUT2D eigenvalue weighted by molar-refractivity contribution is 0.102. The first-order valence-electron chi connectivity index (χ1n) is 8.76. The van der Waals surface area contributed by atoms with Gasteiger partial charge in [-0.25, -0.2) is 8.42 Å². The summed E-state index contributed by atoms with van der Waals surface area (Å²) in [6, 6.07) is 12.8. The van der Waals surface area contributed by atoms with E-state index in [0.29, 0.717) is 43.2 Å². The molecule has 146 valence electrons. The number of carbonyl (C=O) groups is 1. The molecular formula is C19H25N3O4S. The van der Waals surface area contributed by atoms with E-state index in [9.17, 15) is 13.2 Å². The van der Waals surface area contributed by atoms with Crippen LogP contribution < -0.4 is 15.8 Å². The number of sulfonamides is 1. The molecule has 27 heavy (non-hydrogen) atoms. The van der Waals surface area contributed by atoms with Gasteiger partial charge in [0.25, 0.3) is 5.91 Å². The van der Waals surface area contributed by atoms with Crippen LogP contribution in [0.15, 0.2) is 53.4 Å². The molecule has 2 aromatic rings. The van der Waals surface area contributed by atoms with Crippen LogP contribution in [0.1, 0.15) is 24.2 Å². The third kappa shape index (κ3) is 5.29. The second-order valence-electron chi connectivity index (χ2n) is 5.73. The number of rotatable bonds is 9. The summed E-state index contributed by atoms with van der Waals surface area (Å²) in [6.45, 7) is 5.22. The molecule has 0 bridgehead atoms. The summed E-state index contributed by atoms with van der Waals surface area (Å²) in [7, 11) is -3.54. The molecule has 0 aliphatic heterocycles. The predicted molar refractivity (Wildman–Crippen MR) is 105 cm³/mol. The van der Waals surface area contributed by atoms with E-state index in [1.165, 1.54) is 28.6 Å². The number of nitrogens with zero attached hydrogens (tertiary/aromatic N) is 1. The van der Waals surface area contributed by atoms with Gasteiger partial charge in [-0.1, -0.05) is 13.8 Å². The van der Waals surface area contributed by atoms with E-state index in [4.69, 9.17) is 10.5 Å². The van der Waals surface area contributed by atoms with Gasteiger partial charge in [-0.05, 0) is 48.5 Å². The lowest BCUT2D eigenvalue weighted by Crippen LogP contribution is -2.30. The summed E-state index contributed by atoms with van der Waals surface area (Å²) in [5.74, 6) is 0.349. The number of nitrogens with one attached hydrogen (secondary N) is 1. The van der Waals surface area contributed by atoms with Crippen LogP contribution in [0.3, 0.4) is 0 Å². The molecule has 0 aliphatic rings. The molecule has 0 aliphatic carbocycles. The van der Waals surface area contributed by atoms with E-state index in [1.807, 2.05) is 0 Å². The highest BCUT2D eigenvalue weighted by Crippen LogP contribution is 2.19. The Morgan fingerprint density at radius 1 is 1.04 bits per heavy atom. The third-order valence-corrected chi connectivity index (χ3v) is 6.02. The fraction of sp³-hybridized carbons (Fsp3) is 0.316. The molecule has 0 saturated carbocycles. The van der Waals surface area contributed by atoms with Gasteiger partial charge in [0.2, 0.25) is 10.0 Å². The Kier molecular flexibility index (Phi) is 7.35. The zero-order chi connectivity index (χ0) is 19.9. The van der Waals surface area contributed by atoms with Crippen LogP contribution in [0.4, 0.5) is 5.69 Å². The maximum atomic E-state index is 12.5. The van der Waals surface area contributed by atoms with Crippen molar-refractivity contribution >= 4 is 21.6 Å². The maximum Gasteiger partial charge on any atom is 0.255 e. The average molecular weight is 391 g/mol. The minimum absolute atomic E-state index is 0.171. The highest BCUT2D eigenvalue weighted by Gasteiger charge is 2.21. The molecule has 2 rings (SSSR count). The fourth-order valence-electron chi connectivity index (χ4n) is 2.51. The molecule has 8 heteroatoms. The normalized spacial score (nSPS) is 11.4. The van der Waals surface area contributed by atoms with Crippen molar-refractivity contribution in [2.45, 2.75) is 18.7 Å². The second kappa shape index (κ2) is 9.50. The van der Waals surface area contributed by atoms with Gasteiger partial charge in [-0.3, -0.25) is 4.79 Å². The Labute approximate surface area is 160 Å². The van der Waals surface area contributed by atoms with Crippen LogP contribution in [-0.4, -0.2) is 44.9 Å². The molecule has 0 unspecified atom stereocenters. The quantitative estimate of drug-likeness (QED) is 0.683. The molecule has 0 aromatic heterocycles. The zero-order valence-electron chi connectivity index (χ0n) is 15.5. The number of ether oxygens (including phenoxy) is 1. The first-order chi connectivity index (χ1) is 12.9. The fourth-order valence-corrected chi connectivity index (χ4v) is 3.96. The Morgan fingerprint density at radius 2 is 1.63 bits per heavy atom. The van der Waals surface area contributed by atoms with E-state index in [-0.39, 0.29) is 10.8 Å². The Balaban J connectivity index is 2.07. The van der Waals surface area contributed by atoms with Crippen LogP contribution in [0.25, 0.3) is 0 Å². The lowest BCUT2D eigenvalue weighted by atomic mass is 10.2. The second-order valence-corrected chi connectivity index (χ2v) is 7.67. The molecule has 1 amide bonds. The van der Waals surface area contributed by atoms with Gasteiger partial charge < -0.3 is 15.8 Å². The van der Waals surface area contributed by atoms with Crippen molar-refractivity contribution in [2.75, 3.05) is 31.6 Å². The van der Waals surface area contributed by atoms with Crippen molar-refractivity contribution in [2.24, 2.45) is 5.73 Å². The Morgan fingerprint density at radius 3 is 2.15 bits per heavy atom. The van der Waals surface area contributed by atoms with Crippen molar-refractivity contribution in [1.82, 2.24) is 4.31 Å². The Bertz CT molecular complexity index is 846. The number of anilines is 1. The summed E-state index contributed by atoms with van der Waals surface area (Å²) in [5.41, 5.74) is 6.37. The third-order valence-electron chi connectivity index (χ3n) is 3.96. The van der Waals surface area contributed by atoms with E-state index in [2.05, 4.69) is 5.32 Å². The van der Waals surface area contributed by atoms with Crippen molar-refractivity contribution in [1.29, 1.82) is 0 Å². The van der Waals surface area contributed by atoms with Crippen molar-refractivity contribution < 1.29 is 17.9 Å². The minimum atomic E-state index is -3.54. The highest BCUT2D eigenvalue weighted by atomic mass is 32.2. The molecular weight excluding hydrogens is 366 g/mol. The van der Waals surface area contributed by atoms with Crippen LogP contribution >= 0.6 is 0 Å². The average Bonchev–Trinajstić information content (AvgIpc) is 2.68. The van der Waals surface area contributed by atoms with Crippen LogP contribution in [0.2, 0.25) is 0 Å². The molecule has 3 N–H and O–H groups in total. The zero-order valence-corrected chi connectivity index (χ0v) is 16.3. The largest absolute Gasteiger partial charge is 0.492 e. The summed E-state index contributed by atoms with van der Waals surface area (Å²) < 4.78 is 31.7. The first-order valence-corrected chi connectivity index (χ1v) is 10.2. The molecule has 0 heterocycles. The lowest BCUT2D eigenvalue weighted by Gasteiger charge is -2.18. The molecule has 0 atom stereocenters. The first kappa shape index (κ1) is 20.9. The monoisotopic (exact) mass is 391 g/mol. The predicted octanol–water partition coefficient (Wildman–Crippen LogP) is 2.31. The van der Waals surface area contributed by atoms with Crippen molar-refractivity contribution in [3.8, 4) is 5.75 Å². The van der Waals surface area contributed by atoms with Gasteiger partial charge in [-0.15, -0.1) is 0 Å². The Hall–Kier alpha value is -2.42. The summed E-state index contributed by atoms with van der Waals surface area (Å²) in [4.78, 5) is 12.5. The van der Waals surface area contributed by atoms with Crippen LogP contribution in [-0.2, 0) is 10.0 Å². The van der Waals surface area contributed by atoms with Gasteiger partial charge in [0.1, 0.15) is 12.4 Å². The standard InChI is InChI=1S/C19H25N3O4S/c1-3-22(4-2)27(24,25)18-11-5-15(6-12-18)19(23)21-16-7-9-17(10-8-16)26-14-13-20/h5-12H,3-4,13-14,20H2,1-2H3,(H,21,23). The van der Waals surface area contributed by atoms with Gasteiger partial charge >= 0.3 is 0 Å². The molecule has 0 fully saturated rings. The molecule has 0 spiro atoms.